The van der Waals surface area contributed by atoms with Crippen molar-refractivity contribution in [2.45, 2.75) is 19.5 Å². The Morgan fingerprint density at radius 1 is 1.12 bits per heavy atom. The summed E-state index contributed by atoms with van der Waals surface area (Å²) in [6.07, 6.45) is 0.824. The average Bonchev–Trinajstić information content (AvgIpc) is 2.63. The van der Waals surface area contributed by atoms with Crippen molar-refractivity contribution in [3.05, 3.63) is 81.1 Å². The third-order valence-corrected chi connectivity index (χ3v) is 4.69. The molecular formula is C20H17N3O. The van der Waals surface area contributed by atoms with Crippen LogP contribution in [0.1, 0.15) is 22.4 Å². The summed E-state index contributed by atoms with van der Waals surface area (Å²) in [6.45, 7) is 2.19. The van der Waals surface area contributed by atoms with Crippen molar-refractivity contribution in [3.63, 3.8) is 0 Å². The minimum absolute atomic E-state index is 0.123. The first kappa shape index (κ1) is 14.7. The number of benzene rings is 2. The number of H-pyrrole nitrogens is 1. The van der Waals surface area contributed by atoms with E-state index in [0.717, 1.165) is 40.7 Å². The predicted octanol–water partition coefficient (Wildman–Crippen LogP) is 2.96. The van der Waals surface area contributed by atoms with Crippen LogP contribution in [-0.4, -0.2) is 16.4 Å². The molecule has 4 rings (SSSR count). The number of fused-ring (bicyclic) bond motifs is 2. The number of aromatic nitrogens is 1. The number of rotatable bonds is 2. The molecule has 118 valence electrons. The highest BCUT2D eigenvalue weighted by atomic mass is 16.1. The van der Waals surface area contributed by atoms with Crippen molar-refractivity contribution >= 4 is 10.9 Å². The monoisotopic (exact) mass is 315 g/mol. The molecule has 0 bridgehead atoms. The number of para-hydroxylation sites is 1. The van der Waals surface area contributed by atoms with Crippen LogP contribution >= 0.6 is 0 Å². The summed E-state index contributed by atoms with van der Waals surface area (Å²) < 4.78 is 0. The molecule has 0 atom stereocenters. The van der Waals surface area contributed by atoms with Crippen LogP contribution < -0.4 is 5.43 Å². The molecule has 0 saturated heterocycles. The molecule has 0 spiro atoms. The Bertz CT molecular complexity index is 1010. The Kier molecular flexibility index (Phi) is 3.64. The molecule has 3 aromatic rings. The Morgan fingerprint density at radius 2 is 1.92 bits per heavy atom. The van der Waals surface area contributed by atoms with Crippen LogP contribution in [0.3, 0.4) is 0 Å². The van der Waals surface area contributed by atoms with Crippen LogP contribution in [0, 0.1) is 11.3 Å². The Balaban J connectivity index is 1.68. The van der Waals surface area contributed by atoms with Crippen LogP contribution in [0.2, 0.25) is 0 Å². The fourth-order valence-electron chi connectivity index (χ4n) is 3.42. The normalized spacial score (nSPS) is 14.3. The molecule has 1 aliphatic heterocycles. The highest BCUT2D eigenvalue weighted by Crippen LogP contribution is 2.20. The first-order chi connectivity index (χ1) is 11.8. The van der Waals surface area contributed by atoms with Gasteiger partial charge in [-0.2, -0.15) is 5.26 Å². The fourth-order valence-corrected chi connectivity index (χ4v) is 3.42. The van der Waals surface area contributed by atoms with Crippen LogP contribution in [0.4, 0.5) is 0 Å². The van der Waals surface area contributed by atoms with Gasteiger partial charge in [0, 0.05) is 48.2 Å². The molecule has 0 fully saturated rings. The maximum atomic E-state index is 12.8. The van der Waals surface area contributed by atoms with Gasteiger partial charge in [0.25, 0.3) is 0 Å². The van der Waals surface area contributed by atoms with E-state index in [9.17, 15) is 10.1 Å². The van der Waals surface area contributed by atoms with Crippen LogP contribution in [0.25, 0.3) is 10.9 Å². The molecule has 4 nitrogen and oxygen atoms in total. The van der Waals surface area contributed by atoms with E-state index in [1.807, 2.05) is 48.5 Å². The summed E-state index contributed by atoms with van der Waals surface area (Å²) in [4.78, 5) is 18.4. The molecule has 24 heavy (non-hydrogen) atoms. The van der Waals surface area contributed by atoms with Gasteiger partial charge in [-0.05, 0) is 23.8 Å². The molecule has 0 aliphatic carbocycles. The van der Waals surface area contributed by atoms with Crippen LogP contribution in [0.15, 0.2) is 53.3 Å². The van der Waals surface area contributed by atoms with E-state index in [1.165, 1.54) is 0 Å². The van der Waals surface area contributed by atoms with E-state index >= 15 is 0 Å². The summed E-state index contributed by atoms with van der Waals surface area (Å²) in [6, 6.07) is 17.6. The zero-order valence-electron chi connectivity index (χ0n) is 13.2. The standard InChI is InChI=1S/C20H17N3O/c21-11-14-5-1-2-6-15(14)12-23-10-9-19-17(13-23)20(24)16-7-3-4-8-18(16)22-19/h1-8H,9-10,12-13H2,(H,22,24). The van der Waals surface area contributed by atoms with Gasteiger partial charge >= 0.3 is 0 Å². The average molecular weight is 315 g/mol. The zero-order chi connectivity index (χ0) is 16.5. The highest BCUT2D eigenvalue weighted by molar-refractivity contribution is 5.79. The first-order valence-corrected chi connectivity index (χ1v) is 8.09. The second-order valence-corrected chi connectivity index (χ2v) is 6.19. The lowest BCUT2D eigenvalue weighted by molar-refractivity contribution is 0.242. The molecule has 0 radical (unpaired) electrons. The zero-order valence-corrected chi connectivity index (χ0v) is 13.2. The number of pyridine rings is 1. The SMILES string of the molecule is N#Cc1ccccc1CN1CCc2[nH]c3ccccc3c(=O)c2C1. The van der Waals surface area contributed by atoms with Gasteiger partial charge in [-0.1, -0.05) is 30.3 Å². The van der Waals surface area contributed by atoms with Crippen molar-refractivity contribution in [1.29, 1.82) is 5.26 Å². The van der Waals surface area contributed by atoms with Crippen molar-refractivity contribution in [3.8, 4) is 6.07 Å². The van der Waals surface area contributed by atoms with E-state index in [-0.39, 0.29) is 5.43 Å². The quantitative estimate of drug-likeness (QED) is 0.791. The molecule has 2 aromatic carbocycles. The molecule has 0 unspecified atom stereocenters. The summed E-state index contributed by atoms with van der Waals surface area (Å²) >= 11 is 0. The lowest BCUT2D eigenvalue weighted by Crippen LogP contribution is -2.34. The summed E-state index contributed by atoms with van der Waals surface area (Å²) in [5.41, 5.74) is 4.65. The molecule has 0 amide bonds. The molecule has 1 N–H and O–H groups in total. The highest BCUT2D eigenvalue weighted by Gasteiger charge is 2.21. The van der Waals surface area contributed by atoms with Gasteiger partial charge in [-0.25, -0.2) is 0 Å². The third-order valence-electron chi connectivity index (χ3n) is 4.69. The minimum atomic E-state index is 0.123. The summed E-state index contributed by atoms with van der Waals surface area (Å²) in [5, 5.41) is 9.99. The van der Waals surface area contributed by atoms with Gasteiger partial charge in [0.2, 0.25) is 0 Å². The number of nitriles is 1. The van der Waals surface area contributed by atoms with Crippen LogP contribution in [0.5, 0.6) is 0 Å². The van der Waals surface area contributed by atoms with Crippen LogP contribution in [-0.2, 0) is 19.5 Å². The number of aromatic amines is 1. The van der Waals surface area contributed by atoms with Gasteiger partial charge in [-0.15, -0.1) is 0 Å². The molecule has 4 heteroatoms. The van der Waals surface area contributed by atoms with E-state index in [0.29, 0.717) is 18.7 Å². The van der Waals surface area contributed by atoms with Gasteiger partial charge in [0.15, 0.2) is 5.43 Å². The topological polar surface area (TPSA) is 59.9 Å². The number of hydrogen-bond acceptors (Lipinski definition) is 3. The largest absolute Gasteiger partial charge is 0.358 e. The Hall–Kier alpha value is -2.90. The van der Waals surface area contributed by atoms with E-state index < -0.39 is 0 Å². The van der Waals surface area contributed by atoms with E-state index in [2.05, 4.69) is 16.0 Å². The number of hydrogen-bond donors (Lipinski definition) is 1. The second kappa shape index (κ2) is 5.95. The number of nitrogens with one attached hydrogen (secondary N) is 1. The minimum Gasteiger partial charge on any atom is -0.358 e. The lowest BCUT2D eigenvalue weighted by Gasteiger charge is -2.28. The van der Waals surface area contributed by atoms with Gasteiger partial charge in [0.05, 0.1) is 11.6 Å². The van der Waals surface area contributed by atoms with Gasteiger partial charge in [-0.3, -0.25) is 9.69 Å². The van der Waals surface area contributed by atoms with Gasteiger partial charge < -0.3 is 4.98 Å². The van der Waals surface area contributed by atoms with Crippen molar-refractivity contribution in [1.82, 2.24) is 9.88 Å². The van der Waals surface area contributed by atoms with Crippen molar-refractivity contribution < 1.29 is 0 Å². The Labute approximate surface area is 140 Å². The maximum Gasteiger partial charge on any atom is 0.194 e. The summed E-state index contributed by atoms with van der Waals surface area (Å²) in [5.74, 6) is 0. The first-order valence-electron chi connectivity index (χ1n) is 8.09. The predicted molar refractivity (Wildman–Crippen MR) is 93.5 cm³/mol. The van der Waals surface area contributed by atoms with Crippen molar-refractivity contribution in [2.75, 3.05) is 6.54 Å². The third kappa shape index (κ3) is 2.49. The number of nitrogens with zero attached hydrogens (tertiary/aromatic N) is 2. The Morgan fingerprint density at radius 3 is 2.79 bits per heavy atom. The molecule has 1 aliphatic rings. The fraction of sp³-hybridized carbons (Fsp3) is 0.200. The molecule has 2 heterocycles. The maximum absolute atomic E-state index is 12.8. The molecule has 0 saturated carbocycles. The smallest absolute Gasteiger partial charge is 0.194 e. The lowest BCUT2D eigenvalue weighted by atomic mass is 10.0. The van der Waals surface area contributed by atoms with Gasteiger partial charge in [0.1, 0.15) is 0 Å². The van der Waals surface area contributed by atoms with E-state index in [1.54, 1.807) is 0 Å². The molecular weight excluding hydrogens is 298 g/mol. The van der Waals surface area contributed by atoms with Crippen molar-refractivity contribution in [2.24, 2.45) is 0 Å². The summed E-state index contributed by atoms with van der Waals surface area (Å²) in [7, 11) is 0. The second-order valence-electron chi connectivity index (χ2n) is 6.19. The molecule has 1 aromatic heterocycles. The van der Waals surface area contributed by atoms with E-state index in [4.69, 9.17) is 0 Å².